The van der Waals surface area contributed by atoms with Gasteiger partial charge in [0.05, 0.1) is 25.7 Å². The lowest BCUT2D eigenvalue weighted by Crippen LogP contribution is -2.41. The van der Waals surface area contributed by atoms with Crippen LogP contribution in [0.5, 0.6) is 0 Å². The van der Waals surface area contributed by atoms with Gasteiger partial charge in [0.1, 0.15) is 0 Å². The zero-order valence-electron chi connectivity index (χ0n) is 12.1. The standard InChI is InChI=1S/C17H18O4/c1-19-15(18)16-6-7-17(20-8-9-21-17)11-14(16)13-5-3-2-4-12(13)10-16/h2-5,11H,6-10H2,1H3/t16-/m0/s1. The summed E-state index contributed by atoms with van der Waals surface area (Å²) >= 11 is 0. The van der Waals surface area contributed by atoms with Gasteiger partial charge in [-0.2, -0.15) is 0 Å². The predicted octanol–water partition coefficient (Wildman–Crippen LogP) is 2.32. The van der Waals surface area contributed by atoms with E-state index in [1.807, 2.05) is 18.2 Å². The molecule has 1 atom stereocenters. The number of carbonyl (C=O) groups excluding carboxylic acids is 1. The molecule has 0 N–H and O–H groups in total. The molecule has 0 aromatic heterocycles. The number of hydrogen-bond acceptors (Lipinski definition) is 4. The monoisotopic (exact) mass is 286 g/mol. The maximum atomic E-state index is 12.5. The van der Waals surface area contributed by atoms with E-state index in [2.05, 4.69) is 12.1 Å². The number of ether oxygens (including phenoxy) is 3. The van der Waals surface area contributed by atoms with Crippen LogP contribution in [0.4, 0.5) is 0 Å². The van der Waals surface area contributed by atoms with Crippen molar-refractivity contribution in [3.8, 4) is 0 Å². The summed E-state index contributed by atoms with van der Waals surface area (Å²) in [7, 11) is 1.46. The first-order valence-corrected chi connectivity index (χ1v) is 7.37. The molecule has 0 saturated carbocycles. The van der Waals surface area contributed by atoms with Gasteiger partial charge >= 0.3 is 5.97 Å². The Morgan fingerprint density at radius 2 is 1.95 bits per heavy atom. The van der Waals surface area contributed by atoms with E-state index in [4.69, 9.17) is 14.2 Å². The molecule has 4 rings (SSSR count). The summed E-state index contributed by atoms with van der Waals surface area (Å²) in [5.74, 6) is -0.803. The van der Waals surface area contributed by atoms with Crippen molar-refractivity contribution in [3.05, 3.63) is 41.5 Å². The Kier molecular flexibility index (Phi) is 2.75. The lowest BCUT2D eigenvalue weighted by atomic mass is 9.71. The second-order valence-electron chi connectivity index (χ2n) is 5.97. The molecule has 4 nitrogen and oxygen atoms in total. The Morgan fingerprint density at radius 1 is 1.19 bits per heavy atom. The minimum absolute atomic E-state index is 0.155. The molecule has 1 aromatic rings. The molecule has 0 amide bonds. The van der Waals surface area contributed by atoms with Crippen LogP contribution in [0.1, 0.15) is 24.0 Å². The highest BCUT2D eigenvalue weighted by Gasteiger charge is 2.54. The summed E-state index contributed by atoms with van der Waals surface area (Å²) in [4.78, 5) is 12.5. The van der Waals surface area contributed by atoms with E-state index >= 15 is 0 Å². The lowest BCUT2D eigenvalue weighted by Gasteiger charge is -2.38. The molecule has 0 radical (unpaired) electrons. The molecular weight excluding hydrogens is 268 g/mol. The Labute approximate surface area is 123 Å². The highest BCUT2D eigenvalue weighted by molar-refractivity contribution is 5.97. The summed E-state index contributed by atoms with van der Waals surface area (Å²) < 4.78 is 16.7. The van der Waals surface area contributed by atoms with Crippen LogP contribution in [-0.4, -0.2) is 32.1 Å². The Morgan fingerprint density at radius 3 is 2.71 bits per heavy atom. The number of hydrogen-bond donors (Lipinski definition) is 0. The van der Waals surface area contributed by atoms with Gasteiger partial charge < -0.3 is 14.2 Å². The Hall–Kier alpha value is -1.65. The molecule has 1 fully saturated rings. The molecule has 1 aromatic carbocycles. The largest absolute Gasteiger partial charge is 0.468 e. The number of rotatable bonds is 1. The Balaban J connectivity index is 1.88. The summed E-state index contributed by atoms with van der Waals surface area (Å²) in [6.45, 7) is 1.22. The van der Waals surface area contributed by atoms with Crippen LogP contribution in [0.3, 0.4) is 0 Å². The van der Waals surface area contributed by atoms with Crippen LogP contribution in [0.2, 0.25) is 0 Å². The minimum atomic E-state index is -0.649. The van der Waals surface area contributed by atoms with Gasteiger partial charge in [0.15, 0.2) is 5.79 Å². The first kappa shape index (κ1) is 13.0. The summed E-state index contributed by atoms with van der Waals surface area (Å²) in [6, 6.07) is 8.17. The highest BCUT2D eigenvalue weighted by Crippen LogP contribution is 2.55. The zero-order chi connectivity index (χ0) is 14.5. The molecule has 1 spiro atoms. The third-order valence-electron chi connectivity index (χ3n) is 4.93. The maximum Gasteiger partial charge on any atom is 0.316 e. The van der Waals surface area contributed by atoms with Crippen molar-refractivity contribution in [2.75, 3.05) is 20.3 Å². The average Bonchev–Trinajstić information content (AvgIpc) is 3.10. The van der Waals surface area contributed by atoms with Crippen molar-refractivity contribution in [3.63, 3.8) is 0 Å². The topological polar surface area (TPSA) is 44.8 Å². The minimum Gasteiger partial charge on any atom is -0.468 e. The third kappa shape index (κ3) is 1.72. The molecule has 0 bridgehead atoms. The van der Waals surface area contributed by atoms with Crippen molar-refractivity contribution in [1.82, 2.24) is 0 Å². The van der Waals surface area contributed by atoms with E-state index in [1.54, 1.807) is 0 Å². The van der Waals surface area contributed by atoms with E-state index in [0.717, 1.165) is 11.1 Å². The fourth-order valence-electron chi connectivity index (χ4n) is 3.91. The predicted molar refractivity (Wildman–Crippen MR) is 76.4 cm³/mol. The summed E-state index contributed by atoms with van der Waals surface area (Å²) in [6.07, 6.45) is 4.11. The second kappa shape index (κ2) is 4.42. The molecular formula is C17H18O4. The van der Waals surface area contributed by atoms with Gasteiger partial charge in [-0.1, -0.05) is 24.3 Å². The number of esters is 1. The van der Waals surface area contributed by atoms with Gasteiger partial charge in [-0.3, -0.25) is 4.79 Å². The van der Waals surface area contributed by atoms with Gasteiger partial charge in [-0.15, -0.1) is 0 Å². The molecule has 21 heavy (non-hydrogen) atoms. The van der Waals surface area contributed by atoms with Crippen molar-refractivity contribution in [2.24, 2.45) is 5.41 Å². The maximum absolute atomic E-state index is 12.5. The molecule has 4 heteroatoms. The van der Waals surface area contributed by atoms with Gasteiger partial charge in [-0.25, -0.2) is 0 Å². The van der Waals surface area contributed by atoms with Crippen LogP contribution in [0.15, 0.2) is 30.3 Å². The number of methoxy groups -OCH3 is 1. The van der Waals surface area contributed by atoms with E-state index in [0.29, 0.717) is 32.5 Å². The van der Waals surface area contributed by atoms with Gasteiger partial charge in [0, 0.05) is 6.42 Å². The zero-order valence-corrected chi connectivity index (χ0v) is 12.1. The van der Waals surface area contributed by atoms with E-state index in [9.17, 15) is 4.79 Å². The molecule has 1 saturated heterocycles. The molecule has 1 heterocycles. The molecule has 0 unspecified atom stereocenters. The molecule has 1 aliphatic heterocycles. The lowest BCUT2D eigenvalue weighted by molar-refractivity contribution is -0.155. The number of fused-ring (bicyclic) bond motifs is 3. The average molecular weight is 286 g/mol. The van der Waals surface area contributed by atoms with Crippen LogP contribution >= 0.6 is 0 Å². The quantitative estimate of drug-likeness (QED) is 0.743. The van der Waals surface area contributed by atoms with Crippen molar-refractivity contribution in [1.29, 1.82) is 0 Å². The summed E-state index contributed by atoms with van der Waals surface area (Å²) in [5.41, 5.74) is 2.77. The smallest absolute Gasteiger partial charge is 0.316 e. The number of benzene rings is 1. The van der Waals surface area contributed by atoms with Gasteiger partial charge in [0.2, 0.25) is 0 Å². The van der Waals surface area contributed by atoms with Crippen LogP contribution in [-0.2, 0) is 25.4 Å². The first-order chi connectivity index (χ1) is 10.2. The normalized spacial score (nSPS) is 28.9. The summed E-state index contributed by atoms with van der Waals surface area (Å²) in [5, 5.41) is 0. The molecule has 110 valence electrons. The van der Waals surface area contributed by atoms with Crippen LogP contribution in [0, 0.1) is 5.41 Å². The fraction of sp³-hybridized carbons (Fsp3) is 0.471. The highest BCUT2D eigenvalue weighted by atomic mass is 16.7. The molecule has 2 aliphatic carbocycles. The Bertz CT molecular complexity index is 627. The van der Waals surface area contributed by atoms with E-state index in [-0.39, 0.29) is 5.97 Å². The van der Waals surface area contributed by atoms with Crippen LogP contribution < -0.4 is 0 Å². The van der Waals surface area contributed by atoms with E-state index < -0.39 is 11.2 Å². The van der Waals surface area contributed by atoms with Crippen molar-refractivity contribution < 1.29 is 19.0 Å². The van der Waals surface area contributed by atoms with Crippen LogP contribution in [0.25, 0.3) is 5.57 Å². The van der Waals surface area contributed by atoms with Crippen molar-refractivity contribution >= 4 is 11.5 Å². The molecule has 3 aliphatic rings. The number of carbonyl (C=O) groups is 1. The van der Waals surface area contributed by atoms with Gasteiger partial charge in [-0.05, 0) is 35.6 Å². The second-order valence-corrected chi connectivity index (χ2v) is 5.97. The SMILES string of the molecule is COC(=O)[C@]12CCC3(C=C1c1ccccc1C2)OCCO3. The fourth-order valence-corrected chi connectivity index (χ4v) is 3.91. The van der Waals surface area contributed by atoms with E-state index in [1.165, 1.54) is 12.7 Å². The van der Waals surface area contributed by atoms with Gasteiger partial charge in [0.25, 0.3) is 0 Å². The third-order valence-corrected chi connectivity index (χ3v) is 4.93. The first-order valence-electron chi connectivity index (χ1n) is 7.37. The van der Waals surface area contributed by atoms with Crippen molar-refractivity contribution in [2.45, 2.75) is 25.0 Å².